The number of anilines is 1. The van der Waals surface area contributed by atoms with Crippen LogP contribution in [0.4, 0.5) is 14.5 Å². The van der Waals surface area contributed by atoms with Crippen molar-refractivity contribution < 1.29 is 23.4 Å². The third-order valence-corrected chi connectivity index (χ3v) is 3.21. The lowest BCUT2D eigenvalue weighted by Crippen LogP contribution is -2.29. The highest BCUT2D eigenvalue weighted by atomic mass is 19.2. The molecule has 2 rings (SSSR count). The Labute approximate surface area is 109 Å². The second kappa shape index (κ2) is 5.52. The predicted molar refractivity (Wildman–Crippen MR) is 65.6 cm³/mol. The van der Waals surface area contributed by atoms with Crippen LogP contribution in [0.25, 0.3) is 0 Å². The molecule has 0 saturated carbocycles. The zero-order chi connectivity index (χ0) is 14.0. The number of hydrogen-bond acceptors (Lipinski definition) is 3. The molecule has 1 heterocycles. The summed E-state index contributed by atoms with van der Waals surface area (Å²) in [4.78, 5) is 12.2. The van der Waals surface area contributed by atoms with Gasteiger partial charge in [0.1, 0.15) is 0 Å². The summed E-state index contributed by atoms with van der Waals surface area (Å²) in [6, 6.07) is 2.35. The van der Waals surface area contributed by atoms with Crippen molar-refractivity contribution in [2.45, 2.75) is 18.9 Å². The Kier molecular flexibility index (Phi) is 3.99. The third kappa shape index (κ3) is 2.84. The Morgan fingerprint density at radius 3 is 2.79 bits per heavy atom. The van der Waals surface area contributed by atoms with Gasteiger partial charge in [0.2, 0.25) is 0 Å². The molecule has 1 aliphatic rings. The molecule has 0 spiro atoms. The number of ether oxygens (including phenoxy) is 1. The molecule has 1 unspecified atom stereocenters. The molecular formula is C13H15F2NO3. The number of nitrogens with zero attached hydrogens (tertiary/aromatic N) is 1. The Balaban J connectivity index is 2.19. The second-order valence-corrected chi connectivity index (χ2v) is 4.58. The molecular weight excluding hydrogens is 256 g/mol. The minimum Gasteiger partial charge on any atom is -0.478 e. The fraction of sp³-hybridized carbons (Fsp3) is 0.462. The van der Waals surface area contributed by atoms with Gasteiger partial charge in [0.15, 0.2) is 11.6 Å². The van der Waals surface area contributed by atoms with E-state index < -0.39 is 23.2 Å². The minimum atomic E-state index is -1.48. The molecule has 1 saturated heterocycles. The van der Waals surface area contributed by atoms with Crippen LogP contribution >= 0.6 is 0 Å². The van der Waals surface area contributed by atoms with Gasteiger partial charge in [-0.25, -0.2) is 13.6 Å². The molecule has 1 aromatic rings. The lowest BCUT2D eigenvalue weighted by Gasteiger charge is -2.23. The summed E-state index contributed by atoms with van der Waals surface area (Å²) in [6.45, 7) is 1.14. The smallest absolute Gasteiger partial charge is 0.338 e. The molecule has 1 aliphatic heterocycles. The fourth-order valence-electron chi connectivity index (χ4n) is 2.19. The van der Waals surface area contributed by atoms with Gasteiger partial charge < -0.3 is 14.7 Å². The van der Waals surface area contributed by atoms with E-state index in [4.69, 9.17) is 9.84 Å². The van der Waals surface area contributed by atoms with E-state index in [0.717, 1.165) is 18.9 Å². The van der Waals surface area contributed by atoms with Crippen LogP contribution in [0.5, 0.6) is 0 Å². The maximum absolute atomic E-state index is 13.8. The lowest BCUT2D eigenvalue weighted by molar-refractivity contribution is 0.0690. The Morgan fingerprint density at radius 2 is 2.21 bits per heavy atom. The predicted octanol–water partition coefficient (Wildman–Crippen LogP) is 2.28. The number of halogens is 2. The maximum atomic E-state index is 13.8. The third-order valence-electron chi connectivity index (χ3n) is 3.21. The first-order valence-corrected chi connectivity index (χ1v) is 6.04. The van der Waals surface area contributed by atoms with Crippen LogP contribution in [0.3, 0.4) is 0 Å². The van der Waals surface area contributed by atoms with Crippen LogP contribution < -0.4 is 4.90 Å². The number of carboxylic acid groups (broad SMARTS) is 1. The fourth-order valence-corrected chi connectivity index (χ4v) is 2.19. The van der Waals surface area contributed by atoms with Gasteiger partial charge >= 0.3 is 5.97 Å². The number of rotatable bonds is 4. The Morgan fingerprint density at radius 1 is 1.47 bits per heavy atom. The SMILES string of the molecule is CN(CC1CCCO1)c1ccc(C(=O)O)c(F)c1F. The van der Waals surface area contributed by atoms with Gasteiger partial charge in [0.05, 0.1) is 17.4 Å². The first-order valence-electron chi connectivity index (χ1n) is 6.04. The number of hydrogen-bond donors (Lipinski definition) is 1. The summed E-state index contributed by atoms with van der Waals surface area (Å²) >= 11 is 0. The molecule has 1 aromatic carbocycles. The van der Waals surface area contributed by atoms with E-state index in [2.05, 4.69) is 0 Å². The summed E-state index contributed by atoms with van der Waals surface area (Å²) in [5, 5.41) is 8.71. The van der Waals surface area contributed by atoms with Crippen molar-refractivity contribution in [2.75, 3.05) is 25.1 Å². The normalized spacial score (nSPS) is 18.6. The number of carbonyl (C=O) groups is 1. The summed E-state index contributed by atoms with van der Waals surface area (Å²) < 4.78 is 32.8. The number of benzene rings is 1. The molecule has 0 amide bonds. The summed E-state index contributed by atoms with van der Waals surface area (Å²) in [5.74, 6) is -3.95. The minimum absolute atomic E-state index is 0.00612. The average Bonchev–Trinajstić information content (AvgIpc) is 2.84. The van der Waals surface area contributed by atoms with Crippen LogP contribution in [-0.4, -0.2) is 37.4 Å². The largest absolute Gasteiger partial charge is 0.478 e. The van der Waals surface area contributed by atoms with Gasteiger partial charge in [-0.05, 0) is 25.0 Å². The average molecular weight is 271 g/mol. The quantitative estimate of drug-likeness (QED) is 0.912. The Bertz CT molecular complexity index is 487. The molecule has 0 radical (unpaired) electrons. The van der Waals surface area contributed by atoms with Crippen LogP contribution in [0.15, 0.2) is 12.1 Å². The molecule has 0 aliphatic carbocycles. The lowest BCUT2D eigenvalue weighted by atomic mass is 10.1. The number of carboxylic acids is 1. The molecule has 6 heteroatoms. The van der Waals surface area contributed by atoms with Gasteiger partial charge in [0, 0.05) is 20.2 Å². The van der Waals surface area contributed by atoms with Gasteiger partial charge in [-0.15, -0.1) is 0 Å². The first kappa shape index (κ1) is 13.7. The molecule has 1 atom stereocenters. The zero-order valence-corrected chi connectivity index (χ0v) is 10.5. The van der Waals surface area contributed by atoms with E-state index in [1.165, 1.54) is 6.07 Å². The van der Waals surface area contributed by atoms with E-state index in [1.54, 1.807) is 11.9 Å². The number of aromatic carboxylic acids is 1. The van der Waals surface area contributed by atoms with Gasteiger partial charge in [-0.3, -0.25) is 0 Å². The highest BCUT2D eigenvalue weighted by Crippen LogP contribution is 2.25. The van der Waals surface area contributed by atoms with E-state index in [1.807, 2.05) is 0 Å². The van der Waals surface area contributed by atoms with Gasteiger partial charge in [0.25, 0.3) is 0 Å². The van der Waals surface area contributed by atoms with E-state index in [9.17, 15) is 13.6 Å². The standard InChI is InChI=1S/C13H15F2NO3/c1-16(7-8-3-2-6-19-8)10-5-4-9(13(17)18)11(14)12(10)15/h4-5,8H,2-3,6-7H2,1H3,(H,17,18). The zero-order valence-electron chi connectivity index (χ0n) is 10.5. The molecule has 19 heavy (non-hydrogen) atoms. The molecule has 1 N–H and O–H groups in total. The highest BCUT2D eigenvalue weighted by Gasteiger charge is 2.23. The van der Waals surface area contributed by atoms with Crippen molar-refractivity contribution in [3.8, 4) is 0 Å². The van der Waals surface area contributed by atoms with Crippen molar-refractivity contribution in [1.82, 2.24) is 0 Å². The molecule has 0 aromatic heterocycles. The van der Waals surface area contributed by atoms with Crippen molar-refractivity contribution in [2.24, 2.45) is 0 Å². The van der Waals surface area contributed by atoms with Gasteiger partial charge in [-0.1, -0.05) is 0 Å². The molecule has 1 fully saturated rings. The molecule has 104 valence electrons. The topological polar surface area (TPSA) is 49.8 Å². The van der Waals surface area contributed by atoms with E-state index >= 15 is 0 Å². The molecule has 0 bridgehead atoms. The van der Waals surface area contributed by atoms with Crippen LogP contribution in [0.1, 0.15) is 23.2 Å². The summed E-state index contributed by atoms with van der Waals surface area (Å²) in [5.41, 5.74) is -0.621. The highest BCUT2D eigenvalue weighted by molar-refractivity contribution is 5.88. The Hall–Kier alpha value is -1.69. The van der Waals surface area contributed by atoms with Crippen molar-refractivity contribution >= 4 is 11.7 Å². The summed E-state index contributed by atoms with van der Waals surface area (Å²) in [6.07, 6.45) is 1.86. The van der Waals surface area contributed by atoms with Crippen molar-refractivity contribution in [3.63, 3.8) is 0 Å². The monoisotopic (exact) mass is 271 g/mol. The number of likely N-dealkylation sites (N-methyl/N-ethyl adjacent to an activating group) is 1. The second-order valence-electron chi connectivity index (χ2n) is 4.58. The van der Waals surface area contributed by atoms with Crippen LogP contribution in [-0.2, 0) is 4.74 Å². The van der Waals surface area contributed by atoms with Crippen molar-refractivity contribution in [1.29, 1.82) is 0 Å². The van der Waals surface area contributed by atoms with E-state index in [-0.39, 0.29) is 11.8 Å². The van der Waals surface area contributed by atoms with Crippen LogP contribution in [0.2, 0.25) is 0 Å². The van der Waals surface area contributed by atoms with Gasteiger partial charge in [-0.2, -0.15) is 0 Å². The van der Waals surface area contributed by atoms with E-state index in [0.29, 0.717) is 13.2 Å². The van der Waals surface area contributed by atoms with Crippen molar-refractivity contribution in [3.05, 3.63) is 29.3 Å². The van der Waals surface area contributed by atoms with Crippen LogP contribution in [0, 0.1) is 11.6 Å². The maximum Gasteiger partial charge on any atom is 0.338 e. The summed E-state index contributed by atoms with van der Waals surface area (Å²) in [7, 11) is 1.62. The first-order chi connectivity index (χ1) is 9.00. The molecule has 4 nitrogen and oxygen atoms in total.